The van der Waals surface area contributed by atoms with Crippen molar-refractivity contribution in [2.45, 2.75) is 52.5 Å². The number of rotatable bonds is 3. The molecule has 1 saturated heterocycles. The van der Waals surface area contributed by atoms with E-state index in [2.05, 4.69) is 29.8 Å². The standard InChI is InChI=1S/C15H25N3O/c1-11(2)13-9-16-18(10-13)14-5-7-17(8-6-14)15(19)12(3)4/h9-12,14H,5-8H2,1-4H3. The maximum atomic E-state index is 11.9. The van der Waals surface area contributed by atoms with Gasteiger partial charge >= 0.3 is 0 Å². The number of likely N-dealkylation sites (tertiary alicyclic amines) is 1. The Morgan fingerprint density at radius 2 is 1.89 bits per heavy atom. The van der Waals surface area contributed by atoms with Gasteiger partial charge < -0.3 is 4.90 Å². The highest BCUT2D eigenvalue weighted by Crippen LogP contribution is 2.24. The van der Waals surface area contributed by atoms with Crippen LogP contribution < -0.4 is 0 Å². The molecule has 0 N–H and O–H groups in total. The zero-order chi connectivity index (χ0) is 14.0. The average Bonchev–Trinajstić information content (AvgIpc) is 2.87. The summed E-state index contributed by atoms with van der Waals surface area (Å²) in [4.78, 5) is 13.9. The van der Waals surface area contributed by atoms with Gasteiger partial charge in [-0.25, -0.2) is 0 Å². The molecule has 1 aromatic heterocycles. The molecule has 0 bridgehead atoms. The zero-order valence-corrected chi connectivity index (χ0v) is 12.5. The summed E-state index contributed by atoms with van der Waals surface area (Å²) in [6.45, 7) is 10.0. The van der Waals surface area contributed by atoms with E-state index in [0.717, 1.165) is 25.9 Å². The van der Waals surface area contributed by atoms with Gasteiger partial charge in [0.2, 0.25) is 5.91 Å². The predicted molar refractivity (Wildman–Crippen MR) is 76.0 cm³/mol. The Kier molecular flexibility index (Phi) is 4.27. The molecule has 0 aliphatic carbocycles. The molecule has 0 aromatic carbocycles. The Balaban J connectivity index is 1.94. The molecule has 2 heterocycles. The van der Waals surface area contributed by atoms with Crippen LogP contribution in [0.1, 0.15) is 58.1 Å². The first-order chi connectivity index (χ1) is 8.99. The molecule has 1 aliphatic rings. The van der Waals surface area contributed by atoms with Crippen molar-refractivity contribution in [2.24, 2.45) is 5.92 Å². The van der Waals surface area contributed by atoms with Gasteiger partial charge in [0.25, 0.3) is 0 Å². The molecule has 4 nitrogen and oxygen atoms in total. The molecule has 2 rings (SSSR count). The van der Waals surface area contributed by atoms with Crippen molar-refractivity contribution in [2.75, 3.05) is 13.1 Å². The summed E-state index contributed by atoms with van der Waals surface area (Å²) in [6, 6.07) is 0.448. The van der Waals surface area contributed by atoms with E-state index in [1.54, 1.807) is 0 Å². The van der Waals surface area contributed by atoms with Crippen molar-refractivity contribution in [1.82, 2.24) is 14.7 Å². The molecular formula is C15H25N3O. The topological polar surface area (TPSA) is 38.1 Å². The summed E-state index contributed by atoms with van der Waals surface area (Å²) >= 11 is 0. The van der Waals surface area contributed by atoms with Gasteiger partial charge in [-0.05, 0) is 24.3 Å². The van der Waals surface area contributed by atoms with Gasteiger partial charge in [0.15, 0.2) is 0 Å². The van der Waals surface area contributed by atoms with Crippen LogP contribution in [0, 0.1) is 5.92 Å². The average molecular weight is 263 g/mol. The molecule has 0 saturated carbocycles. The molecule has 1 amide bonds. The highest BCUT2D eigenvalue weighted by Gasteiger charge is 2.25. The van der Waals surface area contributed by atoms with E-state index in [-0.39, 0.29) is 11.8 Å². The molecule has 1 aromatic rings. The van der Waals surface area contributed by atoms with Gasteiger partial charge in [0, 0.05) is 25.2 Å². The largest absolute Gasteiger partial charge is 0.342 e. The summed E-state index contributed by atoms with van der Waals surface area (Å²) in [5, 5.41) is 4.48. The highest BCUT2D eigenvalue weighted by atomic mass is 16.2. The smallest absolute Gasteiger partial charge is 0.225 e. The molecule has 0 radical (unpaired) electrons. The lowest BCUT2D eigenvalue weighted by Gasteiger charge is -2.33. The number of nitrogens with zero attached hydrogens (tertiary/aromatic N) is 3. The van der Waals surface area contributed by atoms with Gasteiger partial charge in [-0.15, -0.1) is 0 Å². The maximum absolute atomic E-state index is 11.9. The quantitative estimate of drug-likeness (QED) is 0.841. The molecule has 106 valence electrons. The van der Waals surface area contributed by atoms with Crippen LogP contribution in [0.25, 0.3) is 0 Å². The third-order valence-electron chi connectivity index (χ3n) is 3.93. The number of hydrogen-bond donors (Lipinski definition) is 0. The fraction of sp³-hybridized carbons (Fsp3) is 0.733. The van der Waals surface area contributed by atoms with Crippen LogP contribution in [0.2, 0.25) is 0 Å². The lowest BCUT2D eigenvalue weighted by atomic mass is 10.0. The Morgan fingerprint density at radius 3 is 2.37 bits per heavy atom. The molecule has 1 fully saturated rings. The molecule has 1 aliphatic heterocycles. The third-order valence-corrected chi connectivity index (χ3v) is 3.93. The number of hydrogen-bond acceptors (Lipinski definition) is 2. The minimum Gasteiger partial charge on any atom is -0.342 e. The van der Waals surface area contributed by atoms with Crippen molar-refractivity contribution in [3.8, 4) is 0 Å². The summed E-state index contributed by atoms with van der Waals surface area (Å²) in [5.41, 5.74) is 1.29. The summed E-state index contributed by atoms with van der Waals surface area (Å²) in [5.74, 6) is 0.909. The first kappa shape index (κ1) is 14.1. The summed E-state index contributed by atoms with van der Waals surface area (Å²) in [7, 11) is 0. The summed E-state index contributed by atoms with van der Waals surface area (Å²) < 4.78 is 2.09. The molecule has 4 heteroatoms. The zero-order valence-electron chi connectivity index (χ0n) is 12.5. The molecule has 0 unspecified atom stereocenters. The number of aromatic nitrogens is 2. The van der Waals surface area contributed by atoms with Crippen LogP contribution in [0.3, 0.4) is 0 Å². The highest BCUT2D eigenvalue weighted by molar-refractivity contribution is 5.78. The van der Waals surface area contributed by atoms with E-state index in [9.17, 15) is 4.79 Å². The van der Waals surface area contributed by atoms with Crippen LogP contribution in [-0.4, -0.2) is 33.7 Å². The third kappa shape index (κ3) is 3.17. The van der Waals surface area contributed by atoms with E-state index in [1.165, 1.54) is 5.56 Å². The molecule has 19 heavy (non-hydrogen) atoms. The first-order valence-corrected chi connectivity index (χ1v) is 7.32. The van der Waals surface area contributed by atoms with E-state index in [1.807, 2.05) is 24.9 Å². The van der Waals surface area contributed by atoms with Crippen LogP contribution >= 0.6 is 0 Å². The van der Waals surface area contributed by atoms with Crippen LogP contribution in [-0.2, 0) is 4.79 Å². The minimum absolute atomic E-state index is 0.105. The first-order valence-electron chi connectivity index (χ1n) is 7.32. The minimum atomic E-state index is 0.105. The predicted octanol–water partition coefficient (Wildman–Crippen LogP) is 2.83. The van der Waals surface area contributed by atoms with Crippen LogP contribution in [0.4, 0.5) is 0 Å². The molecular weight excluding hydrogens is 238 g/mol. The van der Waals surface area contributed by atoms with E-state index in [0.29, 0.717) is 12.0 Å². The Labute approximate surface area is 115 Å². The second-order valence-electron chi connectivity index (χ2n) is 6.12. The van der Waals surface area contributed by atoms with E-state index < -0.39 is 0 Å². The van der Waals surface area contributed by atoms with E-state index in [4.69, 9.17) is 0 Å². The lowest BCUT2D eigenvalue weighted by molar-refractivity contribution is -0.135. The summed E-state index contributed by atoms with van der Waals surface area (Å²) in [6.07, 6.45) is 6.15. The lowest BCUT2D eigenvalue weighted by Crippen LogP contribution is -2.41. The number of amides is 1. The monoisotopic (exact) mass is 263 g/mol. The van der Waals surface area contributed by atoms with Crippen LogP contribution in [0.15, 0.2) is 12.4 Å². The fourth-order valence-electron chi connectivity index (χ4n) is 2.57. The van der Waals surface area contributed by atoms with Crippen molar-refractivity contribution in [1.29, 1.82) is 0 Å². The van der Waals surface area contributed by atoms with Crippen molar-refractivity contribution >= 4 is 5.91 Å². The number of carbonyl (C=O) groups is 1. The van der Waals surface area contributed by atoms with Crippen molar-refractivity contribution in [3.63, 3.8) is 0 Å². The number of carbonyl (C=O) groups excluding carboxylic acids is 1. The van der Waals surface area contributed by atoms with Crippen molar-refractivity contribution in [3.05, 3.63) is 18.0 Å². The molecule has 0 atom stereocenters. The Hall–Kier alpha value is -1.32. The van der Waals surface area contributed by atoms with Gasteiger partial charge in [-0.3, -0.25) is 9.48 Å². The number of piperidine rings is 1. The van der Waals surface area contributed by atoms with Gasteiger partial charge in [-0.1, -0.05) is 27.7 Å². The van der Waals surface area contributed by atoms with Gasteiger partial charge in [0.1, 0.15) is 0 Å². The normalized spacial score (nSPS) is 17.5. The second-order valence-corrected chi connectivity index (χ2v) is 6.12. The van der Waals surface area contributed by atoms with Gasteiger partial charge in [-0.2, -0.15) is 5.10 Å². The molecule has 0 spiro atoms. The van der Waals surface area contributed by atoms with E-state index >= 15 is 0 Å². The fourth-order valence-corrected chi connectivity index (χ4v) is 2.57. The Morgan fingerprint density at radius 1 is 1.26 bits per heavy atom. The van der Waals surface area contributed by atoms with Crippen LogP contribution in [0.5, 0.6) is 0 Å². The SMILES string of the molecule is CC(C)C(=O)N1CCC(n2cc(C(C)C)cn2)CC1. The maximum Gasteiger partial charge on any atom is 0.225 e. The van der Waals surface area contributed by atoms with Gasteiger partial charge in [0.05, 0.1) is 12.2 Å². The van der Waals surface area contributed by atoms with Crippen molar-refractivity contribution < 1.29 is 4.79 Å². The Bertz CT molecular complexity index is 428. The second kappa shape index (κ2) is 5.76.